The van der Waals surface area contributed by atoms with Crippen LogP contribution in [0.15, 0.2) is 30.3 Å². The maximum Gasteiger partial charge on any atom is 0.244 e. The Hall–Kier alpha value is -1.72. The summed E-state index contributed by atoms with van der Waals surface area (Å²) in [6, 6.07) is 6.22. The monoisotopic (exact) mass is 320 g/mol. The summed E-state index contributed by atoms with van der Waals surface area (Å²) in [6.45, 7) is 5.19. The fourth-order valence-corrected chi connectivity index (χ4v) is 2.72. The molecule has 2 rings (SSSR count). The second kappa shape index (κ2) is 8.79. The number of aliphatic hydroxyl groups excluding tert-OH is 1. The first-order valence-electron chi connectivity index (χ1n) is 8.17. The number of hydrogen-bond acceptors (Lipinski definition) is 3. The first-order valence-corrected chi connectivity index (χ1v) is 8.17. The molecule has 4 nitrogen and oxygen atoms in total. The number of rotatable bonds is 6. The molecule has 0 atom stereocenters. The lowest BCUT2D eigenvalue weighted by Gasteiger charge is -2.29. The number of carbonyl (C=O) groups excluding carboxylic acids is 1. The number of piperidine rings is 1. The van der Waals surface area contributed by atoms with Gasteiger partial charge in [0.05, 0.1) is 6.10 Å². The minimum Gasteiger partial charge on any atom is -0.393 e. The lowest BCUT2D eigenvalue weighted by molar-refractivity contribution is -0.116. The number of likely N-dealkylation sites (tertiary alicyclic amines) is 1. The topological polar surface area (TPSA) is 52.6 Å². The smallest absolute Gasteiger partial charge is 0.244 e. The van der Waals surface area contributed by atoms with Gasteiger partial charge >= 0.3 is 0 Å². The van der Waals surface area contributed by atoms with E-state index in [1.807, 2.05) is 0 Å². The van der Waals surface area contributed by atoms with Crippen LogP contribution in [0.25, 0.3) is 5.57 Å². The van der Waals surface area contributed by atoms with Gasteiger partial charge in [0, 0.05) is 25.7 Å². The van der Waals surface area contributed by atoms with Crippen molar-refractivity contribution in [2.45, 2.75) is 32.3 Å². The number of allylic oxidation sites excluding steroid dienone is 1. The van der Waals surface area contributed by atoms with Crippen LogP contribution in [0, 0.1) is 5.82 Å². The highest BCUT2D eigenvalue weighted by atomic mass is 19.1. The molecule has 23 heavy (non-hydrogen) atoms. The highest BCUT2D eigenvalue weighted by Crippen LogP contribution is 2.14. The fourth-order valence-electron chi connectivity index (χ4n) is 2.72. The highest BCUT2D eigenvalue weighted by Gasteiger charge is 2.15. The first-order chi connectivity index (χ1) is 11.0. The van der Waals surface area contributed by atoms with Gasteiger partial charge in [-0.3, -0.25) is 4.79 Å². The number of halogens is 1. The molecule has 0 unspecified atom stereocenters. The van der Waals surface area contributed by atoms with E-state index in [1.54, 1.807) is 19.1 Å². The van der Waals surface area contributed by atoms with Crippen molar-refractivity contribution in [3.8, 4) is 0 Å². The van der Waals surface area contributed by atoms with Crippen molar-refractivity contribution in [2.75, 3.05) is 26.2 Å². The molecule has 0 aromatic heterocycles. The summed E-state index contributed by atoms with van der Waals surface area (Å²) in [4.78, 5) is 14.2. The van der Waals surface area contributed by atoms with Gasteiger partial charge in [-0.2, -0.15) is 0 Å². The summed E-state index contributed by atoms with van der Waals surface area (Å²) in [6.07, 6.45) is 3.91. The molecule has 0 bridgehead atoms. The third-order valence-electron chi connectivity index (χ3n) is 4.14. The molecular weight excluding hydrogens is 295 g/mol. The maximum absolute atomic E-state index is 13.2. The van der Waals surface area contributed by atoms with Gasteiger partial charge in [0.1, 0.15) is 5.82 Å². The molecular formula is C18H25FN2O2. The standard InChI is InChI=1S/C18H25FN2O2/c1-14(15-4-2-5-16(19)13-15)12-18(23)20-8-3-9-21-10-6-17(22)7-11-21/h2,4-5,12-13,17,22H,3,6-11H2,1H3,(H,20,23). The Morgan fingerprint density at radius 2 is 2.17 bits per heavy atom. The molecule has 1 aliphatic heterocycles. The van der Waals surface area contributed by atoms with Gasteiger partial charge < -0.3 is 15.3 Å². The van der Waals surface area contributed by atoms with E-state index in [0.717, 1.165) is 44.5 Å². The van der Waals surface area contributed by atoms with E-state index in [4.69, 9.17) is 0 Å². The highest BCUT2D eigenvalue weighted by molar-refractivity contribution is 5.94. The number of nitrogens with zero attached hydrogens (tertiary/aromatic N) is 1. The van der Waals surface area contributed by atoms with Crippen molar-refractivity contribution in [2.24, 2.45) is 0 Å². The lowest BCUT2D eigenvalue weighted by atomic mass is 10.1. The van der Waals surface area contributed by atoms with Crippen molar-refractivity contribution in [3.05, 3.63) is 41.7 Å². The number of carbonyl (C=O) groups is 1. The van der Waals surface area contributed by atoms with Gasteiger partial charge in [-0.05, 0) is 56.0 Å². The Labute approximate surface area is 137 Å². The minimum atomic E-state index is -0.303. The molecule has 1 aliphatic rings. The van der Waals surface area contributed by atoms with Crippen LogP contribution < -0.4 is 5.32 Å². The van der Waals surface area contributed by atoms with Crippen LogP contribution in [0.5, 0.6) is 0 Å². The molecule has 2 N–H and O–H groups in total. The summed E-state index contributed by atoms with van der Waals surface area (Å²) >= 11 is 0. The first kappa shape index (κ1) is 17.6. The second-order valence-electron chi connectivity index (χ2n) is 6.06. The zero-order valence-electron chi connectivity index (χ0n) is 13.6. The Morgan fingerprint density at radius 1 is 1.43 bits per heavy atom. The van der Waals surface area contributed by atoms with Gasteiger partial charge in [0.15, 0.2) is 0 Å². The largest absolute Gasteiger partial charge is 0.393 e. The van der Waals surface area contributed by atoms with E-state index in [9.17, 15) is 14.3 Å². The van der Waals surface area contributed by atoms with Gasteiger partial charge in [0.2, 0.25) is 5.91 Å². The van der Waals surface area contributed by atoms with Crippen LogP contribution in [-0.2, 0) is 4.79 Å². The molecule has 5 heteroatoms. The van der Waals surface area contributed by atoms with E-state index in [2.05, 4.69) is 10.2 Å². The SMILES string of the molecule is CC(=CC(=O)NCCCN1CCC(O)CC1)c1cccc(F)c1. The van der Waals surface area contributed by atoms with Crippen LogP contribution in [0.4, 0.5) is 4.39 Å². The lowest BCUT2D eigenvalue weighted by Crippen LogP contribution is -2.37. The average molecular weight is 320 g/mol. The zero-order valence-corrected chi connectivity index (χ0v) is 13.6. The molecule has 0 saturated carbocycles. The van der Waals surface area contributed by atoms with E-state index < -0.39 is 0 Å². The van der Waals surface area contributed by atoms with Gasteiger partial charge in [0.25, 0.3) is 0 Å². The molecule has 0 aliphatic carbocycles. The van der Waals surface area contributed by atoms with Gasteiger partial charge in [-0.25, -0.2) is 4.39 Å². The quantitative estimate of drug-likeness (QED) is 0.624. The van der Waals surface area contributed by atoms with Crippen LogP contribution >= 0.6 is 0 Å². The molecule has 0 spiro atoms. The predicted molar refractivity (Wildman–Crippen MR) is 89.4 cm³/mol. The Kier molecular flexibility index (Phi) is 6.74. The van der Waals surface area contributed by atoms with Crippen LogP contribution in [0.2, 0.25) is 0 Å². The number of amides is 1. The molecule has 1 aromatic rings. The average Bonchev–Trinajstić information content (AvgIpc) is 2.53. The summed E-state index contributed by atoms with van der Waals surface area (Å²) in [5, 5.41) is 12.3. The third-order valence-corrected chi connectivity index (χ3v) is 4.14. The summed E-state index contributed by atoms with van der Waals surface area (Å²) in [7, 11) is 0. The van der Waals surface area contributed by atoms with Crippen molar-refractivity contribution in [1.82, 2.24) is 10.2 Å². The van der Waals surface area contributed by atoms with E-state index in [1.165, 1.54) is 18.2 Å². The van der Waals surface area contributed by atoms with Crippen molar-refractivity contribution in [3.63, 3.8) is 0 Å². The number of aliphatic hydroxyl groups is 1. The minimum absolute atomic E-state index is 0.151. The molecule has 1 heterocycles. The number of benzene rings is 1. The summed E-state index contributed by atoms with van der Waals surface area (Å²) < 4.78 is 13.2. The normalized spacial score (nSPS) is 17.3. The van der Waals surface area contributed by atoms with Crippen molar-refractivity contribution >= 4 is 11.5 Å². The fraction of sp³-hybridized carbons (Fsp3) is 0.500. The predicted octanol–water partition coefficient (Wildman–Crippen LogP) is 2.19. The number of hydrogen-bond donors (Lipinski definition) is 2. The van der Waals surface area contributed by atoms with Gasteiger partial charge in [-0.1, -0.05) is 12.1 Å². The Balaban J connectivity index is 1.69. The molecule has 126 valence electrons. The third kappa shape index (κ3) is 6.12. The summed E-state index contributed by atoms with van der Waals surface area (Å²) in [5.74, 6) is -0.455. The Bertz CT molecular complexity index is 552. The van der Waals surface area contributed by atoms with E-state index in [0.29, 0.717) is 12.1 Å². The van der Waals surface area contributed by atoms with Crippen molar-refractivity contribution < 1.29 is 14.3 Å². The maximum atomic E-state index is 13.2. The van der Waals surface area contributed by atoms with Crippen LogP contribution in [0.1, 0.15) is 31.7 Å². The Morgan fingerprint density at radius 3 is 2.87 bits per heavy atom. The van der Waals surface area contributed by atoms with Gasteiger partial charge in [-0.15, -0.1) is 0 Å². The van der Waals surface area contributed by atoms with Crippen LogP contribution in [0.3, 0.4) is 0 Å². The van der Waals surface area contributed by atoms with E-state index >= 15 is 0 Å². The second-order valence-corrected chi connectivity index (χ2v) is 6.06. The number of nitrogens with one attached hydrogen (secondary N) is 1. The van der Waals surface area contributed by atoms with Crippen molar-refractivity contribution in [1.29, 1.82) is 0 Å². The molecule has 1 saturated heterocycles. The molecule has 0 radical (unpaired) electrons. The van der Waals surface area contributed by atoms with E-state index in [-0.39, 0.29) is 17.8 Å². The molecule has 1 amide bonds. The zero-order chi connectivity index (χ0) is 16.7. The molecule has 1 fully saturated rings. The van der Waals surface area contributed by atoms with Crippen LogP contribution in [-0.4, -0.2) is 48.2 Å². The molecule has 1 aromatic carbocycles. The summed E-state index contributed by atoms with van der Waals surface area (Å²) in [5.41, 5.74) is 1.46.